The number of nitrogens with zero attached hydrogens (tertiary/aromatic N) is 1. The van der Waals surface area contributed by atoms with Crippen LogP contribution in [0.5, 0.6) is 0 Å². The molecule has 1 atom stereocenters. The maximum Gasteiger partial charge on any atom is 0.251 e. The molecule has 0 fully saturated rings. The third-order valence-electron chi connectivity index (χ3n) is 2.09. The number of carbonyl (C=O) groups is 1. The van der Waals surface area contributed by atoms with Crippen LogP contribution < -0.4 is 11.1 Å². The summed E-state index contributed by atoms with van der Waals surface area (Å²) in [5.41, 5.74) is 5.46. The highest BCUT2D eigenvalue weighted by Crippen LogP contribution is 2.16. The first-order valence-electron chi connectivity index (χ1n) is 4.69. The number of rotatable bonds is 3. The van der Waals surface area contributed by atoms with Crippen LogP contribution in [-0.4, -0.2) is 23.0 Å². The third kappa shape index (κ3) is 3.42. The first-order chi connectivity index (χ1) is 7.95. The molecule has 4 N–H and O–H groups in total. The van der Waals surface area contributed by atoms with Crippen LogP contribution in [0.25, 0.3) is 0 Å². The van der Waals surface area contributed by atoms with Crippen LogP contribution in [0.15, 0.2) is 27.8 Å². The molecule has 0 aliphatic rings. The van der Waals surface area contributed by atoms with E-state index in [0.29, 0.717) is 0 Å². The zero-order valence-electron chi connectivity index (χ0n) is 8.95. The lowest BCUT2D eigenvalue weighted by molar-refractivity contribution is 0.0948. The van der Waals surface area contributed by atoms with Crippen molar-refractivity contribution >= 4 is 27.7 Å². The van der Waals surface area contributed by atoms with Crippen molar-refractivity contribution in [1.82, 2.24) is 5.32 Å². The number of hydrogen-bond donors (Lipinski definition) is 3. The second kappa shape index (κ2) is 5.62. The number of amides is 1. The van der Waals surface area contributed by atoms with Crippen molar-refractivity contribution in [1.29, 1.82) is 0 Å². The van der Waals surface area contributed by atoms with Crippen molar-refractivity contribution < 1.29 is 14.4 Å². The SMILES string of the molecule is CC(NC(=O)c1ccc(Br)c(F)c1)C(N)=NO. The molecule has 0 radical (unpaired) electrons. The van der Waals surface area contributed by atoms with E-state index in [1.807, 2.05) is 0 Å². The Labute approximate surface area is 106 Å². The average Bonchev–Trinajstić information content (AvgIpc) is 2.31. The van der Waals surface area contributed by atoms with Gasteiger partial charge >= 0.3 is 0 Å². The molecule has 7 heteroatoms. The van der Waals surface area contributed by atoms with Crippen molar-refractivity contribution in [3.8, 4) is 0 Å². The minimum absolute atomic E-state index is 0.129. The highest BCUT2D eigenvalue weighted by Gasteiger charge is 2.14. The minimum Gasteiger partial charge on any atom is -0.409 e. The van der Waals surface area contributed by atoms with Crippen LogP contribution in [0.2, 0.25) is 0 Å². The Hall–Kier alpha value is -1.63. The molecule has 0 heterocycles. The van der Waals surface area contributed by atoms with Gasteiger partial charge in [-0.05, 0) is 41.1 Å². The number of amidine groups is 1. The molecular formula is C10H11BrFN3O2. The van der Waals surface area contributed by atoms with Crippen molar-refractivity contribution in [2.75, 3.05) is 0 Å². The maximum atomic E-state index is 13.2. The van der Waals surface area contributed by atoms with Crippen molar-refractivity contribution in [2.24, 2.45) is 10.9 Å². The highest BCUT2D eigenvalue weighted by atomic mass is 79.9. The van der Waals surface area contributed by atoms with E-state index in [4.69, 9.17) is 10.9 Å². The Morgan fingerprint density at radius 3 is 2.82 bits per heavy atom. The molecule has 1 aromatic carbocycles. The molecule has 1 unspecified atom stereocenters. The van der Waals surface area contributed by atoms with E-state index < -0.39 is 17.8 Å². The van der Waals surface area contributed by atoms with Gasteiger partial charge in [0, 0.05) is 5.56 Å². The summed E-state index contributed by atoms with van der Waals surface area (Å²) < 4.78 is 13.5. The van der Waals surface area contributed by atoms with Crippen molar-refractivity contribution in [3.05, 3.63) is 34.1 Å². The number of oxime groups is 1. The zero-order chi connectivity index (χ0) is 13.0. The topological polar surface area (TPSA) is 87.7 Å². The van der Waals surface area contributed by atoms with E-state index >= 15 is 0 Å². The summed E-state index contributed by atoms with van der Waals surface area (Å²) >= 11 is 2.98. The van der Waals surface area contributed by atoms with Gasteiger partial charge in [-0.25, -0.2) is 4.39 Å². The van der Waals surface area contributed by atoms with Gasteiger partial charge in [-0.15, -0.1) is 0 Å². The number of nitrogens with one attached hydrogen (secondary N) is 1. The summed E-state index contributed by atoms with van der Waals surface area (Å²) in [6, 6.07) is 3.34. The second-order valence-corrected chi connectivity index (χ2v) is 4.20. The van der Waals surface area contributed by atoms with Gasteiger partial charge in [0.05, 0.1) is 10.5 Å². The Bertz CT molecular complexity index is 465. The molecule has 17 heavy (non-hydrogen) atoms. The lowest BCUT2D eigenvalue weighted by Crippen LogP contribution is -2.42. The molecule has 0 aliphatic heterocycles. The lowest BCUT2D eigenvalue weighted by atomic mass is 10.2. The van der Waals surface area contributed by atoms with Gasteiger partial charge in [-0.3, -0.25) is 4.79 Å². The molecule has 0 aliphatic carbocycles. The standard InChI is InChI=1S/C10H11BrFN3O2/c1-5(9(13)15-17)14-10(16)6-2-3-7(11)8(12)4-6/h2-5,17H,1H3,(H2,13,15)(H,14,16). The summed E-state index contributed by atoms with van der Waals surface area (Å²) in [7, 11) is 0. The predicted octanol–water partition coefficient (Wildman–Crippen LogP) is 1.45. The molecule has 0 spiro atoms. The zero-order valence-corrected chi connectivity index (χ0v) is 10.5. The van der Waals surface area contributed by atoms with Gasteiger partial charge < -0.3 is 16.3 Å². The van der Waals surface area contributed by atoms with Crippen LogP contribution in [0.1, 0.15) is 17.3 Å². The number of carbonyl (C=O) groups excluding carboxylic acids is 1. The van der Waals surface area contributed by atoms with E-state index in [9.17, 15) is 9.18 Å². The summed E-state index contributed by atoms with van der Waals surface area (Å²) in [6.45, 7) is 1.54. The highest BCUT2D eigenvalue weighted by molar-refractivity contribution is 9.10. The molecule has 0 bridgehead atoms. The second-order valence-electron chi connectivity index (χ2n) is 3.35. The van der Waals surface area contributed by atoms with Gasteiger partial charge in [0.25, 0.3) is 5.91 Å². The molecule has 1 aromatic rings. The number of halogens is 2. The summed E-state index contributed by atoms with van der Waals surface area (Å²) in [5.74, 6) is -1.17. The van der Waals surface area contributed by atoms with Crippen molar-refractivity contribution in [3.63, 3.8) is 0 Å². The van der Waals surface area contributed by atoms with Gasteiger partial charge in [0.2, 0.25) is 0 Å². The van der Waals surface area contributed by atoms with E-state index in [0.717, 1.165) is 6.07 Å². The molecule has 5 nitrogen and oxygen atoms in total. The fraction of sp³-hybridized carbons (Fsp3) is 0.200. The Morgan fingerprint density at radius 1 is 1.65 bits per heavy atom. The third-order valence-corrected chi connectivity index (χ3v) is 2.73. The quantitative estimate of drug-likeness (QED) is 0.342. The largest absolute Gasteiger partial charge is 0.409 e. The summed E-state index contributed by atoms with van der Waals surface area (Å²) in [4.78, 5) is 11.7. The minimum atomic E-state index is -0.640. The van der Waals surface area contributed by atoms with Crippen LogP contribution >= 0.6 is 15.9 Å². The van der Waals surface area contributed by atoms with Gasteiger partial charge in [0.1, 0.15) is 5.82 Å². The number of hydrogen-bond acceptors (Lipinski definition) is 3. The first kappa shape index (κ1) is 13.4. The van der Waals surface area contributed by atoms with Gasteiger partial charge in [0.15, 0.2) is 5.84 Å². The normalized spacial score (nSPS) is 13.2. The number of nitrogens with two attached hydrogens (primary N) is 1. The van der Waals surface area contributed by atoms with E-state index in [1.54, 1.807) is 6.92 Å². The lowest BCUT2D eigenvalue weighted by Gasteiger charge is -2.12. The van der Waals surface area contributed by atoms with Gasteiger partial charge in [-0.1, -0.05) is 5.16 Å². The van der Waals surface area contributed by atoms with E-state index in [2.05, 4.69) is 26.4 Å². The Morgan fingerprint density at radius 2 is 2.29 bits per heavy atom. The maximum absolute atomic E-state index is 13.2. The van der Waals surface area contributed by atoms with Crippen LogP contribution in [-0.2, 0) is 0 Å². The van der Waals surface area contributed by atoms with Crippen LogP contribution in [0.4, 0.5) is 4.39 Å². The average molecular weight is 304 g/mol. The molecule has 1 amide bonds. The number of benzene rings is 1. The molecular weight excluding hydrogens is 293 g/mol. The molecule has 0 saturated carbocycles. The molecule has 1 rings (SSSR count). The summed E-state index contributed by atoms with van der Waals surface area (Å²) in [6.07, 6.45) is 0. The Balaban J connectivity index is 2.80. The Kier molecular flexibility index (Phi) is 4.45. The monoisotopic (exact) mass is 303 g/mol. The molecule has 92 valence electrons. The van der Waals surface area contributed by atoms with Crippen LogP contribution in [0.3, 0.4) is 0 Å². The smallest absolute Gasteiger partial charge is 0.251 e. The fourth-order valence-electron chi connectivity index (χ4n) is 1.08. The van der Waals surface area contributed by atoms with E-state index in [-0.39, 0.29) is 15.9 Å². The van der Waals surface area contributed by atoms with E-state index in [1.165, 1.54) is 12.1 Å². The molecule has 0 aromatic heterocycles. The van der Waals surface area contributed by atoms with Gasteiger partial charge in [-0.2, -0.15) is 0 Å². The predicted molar refractivity (Wildman–Crippen MR) is 64.4 cm³/mol. The summed E-state index contributed by atoms with van der Waals surface area (Å²) in [5, 5.41) is 13.6. The molecule has 0 saturated heterocycles. The first-order valence-corrected chi connectivity index (χ1v) is 5.48. The van der Waals surface area contributed by atoms with Crippen LogP contribution in [0, 0.1) is 5.82 Å². The van der Waals surface area contributed by atoms with Crippen molar-refractivity contribution in [2.45, 2.75) is 13.0 Å². The fourth-order valence-corrected chi connectivity index (χ4v) is 1.32.